The van der Waals surface area contributed by atoms with Crippen LogP contribution in [0, 0.1) is 16.7 Å². The SMILES string of the molecule is CO[C@@H]1[C@H](NC(=O)C23CCC(C(=O)O)(CC2)CC3)CC[C@]2(CO2)[C@H]1[C@@]1(C)O[C@@H]1CC=C(C)C. The third-order valence-electron chi connectivity index (χ3n) is 9.79. The van der Waals surface area contributed by atoms with Crippen molar-refractivity contribution in [2.24, 2.45) is 16.7 Å². The van der Waals surface area contributed by atoms with E-state index >= 15 is 0 Å². The molecule has 2 aliphatic heterocycles. The minimum absolute atomic E-state index is 0.0690. The van der Waals surface area contributed by atoms with Crippen molar-refractivity contribution in [3.8, 4) is 0 Å². The van der Waals surface area contributed by atoms with Crippen LogP contribution < -0.4 is 5.32 Å². The molecule has 7 nitrogen and oxygen atoms in total. The molecule has 0 unspecified atom stereocenters. The van der Waals surface area contributed by atoms with Crippen molar-refractivity contribution >= 4 is 11.9 Å². The lowest BCUT2D eigenvalue weighted by Gasteiger charge is -2.51. The summed E-state index contributed by atoms with van der Waals surface area (Å²) in [4.78, 5) is 25.4. The van der Waals surface area contributed by atoms with Crippen molar-refractivity contribution in [2.45, 2.75) is 108 Å². The first-order valence-electron chi connectivity index (χ1n) is 12.6. The molecular weight excluding hydrogens is 422 g/mol. The van der Waals surface area contributed by atoms with Gasteiger partial charge < -0.3 is 24.6 Å². The lowest BCUT2D eigenvalue weighted by molar-refractivity contribution is -0.164. The molecule has 33 heavy (non-hydrogen) atoms. The fraction of sp³-hybridized carbons (Fsp3) is 0.846. The van der Waals surface area contributed by atoms with E-state index in [1.807, 2.05) is 0 Å². The molecule has 4 aliphatic carbocycles. The summed E-state index contributed by atoms with van der Waals surface area (Å²) in [5.74, 6) is -0.539. The summed E-state index contributed by atoms with van der Waals surface area (Å²) in [6.07, 6.45) is 8.60. The highest BCUT2D eigenvalue weighted by Crippen LogP contribution is 2.60. The van der Waals surface area contributed by atoms with Crippen molar-refractivity contribution in [1.82, 2.24) is 5.32 Å². The number of carbonyl (C=O) groups excluding carboxylic acids is 1. The van der Waals surface area contributed by atoms with Crippen LogP contribution in [0.15, 0.2) is 11.6 Å². The standard InChI is InChI=1S/C26H39NO6/c1-16(2)5-6-18-23(3,33-18)20-19(31-4)17(7-8-26(20)15-32-26)27-21(28)24-9-12-25(13-10-24,14-11-24)22(29)30/h5,17-20H,6-15H2,1-4H3,(H,27,28)(H,29,30)/t17-,18-,19-,20-,23+,24?,25?,26+/m1/s1. The van der Waals surface area contributed by atoms with E-state index in [1.54, 1.807) is 7.11 Å². The topological polar surface area (TPSA) is 101 Å². The molecule has 4 saturated carbocycles. The second-order valence-corrected chi connectivity index (χ2v) is 11.8. The van der Waals surface area contributed by atoms with E-state index in [2.05, 4.69) is 32.2 Å². The van der Waals surface area contributed by atoms with E-state index in [0.717, 1.165) is 25.9 Å². The molecule has 0 aromatic carbocycles. The molecule has 6 rings (SSSR count). The van der Waals surface area contributed by atoms with Gasteiger partial charge in [0.05, 0.1) is 35.9 Å². The number of amides is 1. The van der Waals surface area contributed by atoms with Gasteiger partial charge >= 0.3 is 5.97 Å². The quantitative estimate of drug-likeness (QED) is 0.444. The van der Waals surface area contributed by atoms with Gasteiger partial charge in [-0.15, -0.1) is 0 Å². The Morgan fingerprint density at radius 2 is 1.70 bits per heavy atom. The van der Waals surface area contributed by atoms with Crippen molar-refractivity contribution in [3.05, 3.63) is 11.6 Å². The average molecular weight is 462 g/mol. The second-order valence-electron chi connectivity index (χ2n) is 11.8. The molecule has 2 heterocycles. The number of hydrogen-bond donors (Lipinski definition) is 2. The number of epoxide rings is 2. The van der Waals surface area contributed by atoms with Crippen LogP contribution in [0.25, 0.3) is 0 Å². The Balaban J connectivity index is 1.30. The number of carbonyl (C=O) groups is 2. The molecule has 7 heteroatoms. The van der Waals surface area contributed by atoms with E-state index in [9.17, 15) is 14.7 Å². The maximum absolute atomic E-state index is 13.6. The van der Waals surface area contributed by atoms with Gasteiger partial charge in [0.25, 0.3) is 0 Å². The van der Waals surface area contributed by atoms with Gasteiger partial charge in [0, 0.05) is 18.4 Å². The smallest absolute Gasteiger partial charge is 0.309 e. The summed E-state index contributed by atoms with van der Waals surface area (Å²) in [6, 6.07) is -0.0880. The van der Waals surface area contributed by atoms with E-state index in [4.69, 9.17) is 14.2 Å². The van der Waals surface area contributed by atoms with Crippen LogP contribution in [0.4, 0.5) is 0 Å². The Morgan fingerprint density at radius 3 is 2.21 bits per heavy atom. The Labute approximate surface area is 196 Å². The Morgan fingerprint density at radius 1 is 1.09 bits per heavy atom. The zero-order chi connectivity index (χ0) is 23.6. The van der Waals surface area contributed by atoms with Crippen LogP contribution >= 0.6 is 0 Å². The molecule has 1 spiro atoms. The number of methoxy groups -OCH3 is 1. The first-order valence-corrected chi connectivity index (χ1v) is 12.6. The van der Waals surface area contributed by atoms with E-state index in [1.165, 1.54) is 5.57 Å². The number of allylic oxidation sites excluding steroid dienone is 1. The zero-order valence-electron chi connectivity index (χ0n) is 20.4. The van der Waals surface area contributed by atoms with Gasteiger partial charge in [-0.1, -0.05) is 11.6 Å². The Hall–Kier alpha value is -1.44. The summed E-state index contributed by atoms with van der Waals surface area (Å²) in [5.41, 5.74) is -0.274. The summed E-state index contributed by atoms with van der Waals surface area (Å²) in [7, 11) is 1.73. The second kappa shape index (κ2) is 7.79. The zero-order valence-corrected chi connectivity index (χ0v) is 20.4. The van der Waals surface area contributed by atoms with E-state index < -0.39 is 16.8 Å². The molecule has 6 fully saturated rings. The maximum atomic E-state index is 13.6. The predicted molar refractivity (Wildman–Crippen MR) is 122 cm³/mol. The molecule has 0 aromatic heterocycles. The van der Waals surface area contributed by atoms with Crippen molar-refractivity contribution < 1.29 is 28.9 Å². The summed E-state index contributed by atoms with van der Waals surface area (Å²) in [6.45, 7) is 7.11. The maximum Gasteiger partial charge on any atom is 0.309 e. The van der Waals surface area contributed by atoms with Gasteiger partial charge in [0.15, 0.2) is 0 Å². The largest absolute Gasteiger partial charge is 0.481 e. The number of ether oxygens (including phenoxy) is 3. The molecule has 2 N–H and O–H groups in total. The molecule has 6 atom stereocenters. The molecule has 0 aromatic rings. The normalized spacial score (nSPS) is 47.8. The highest BCUT2D eigenvalue weighted by molar-refractivity contribution is 5.85. The van der Waals surface area contributed by atoms with Crippen LogP contribution in [0.2, 0.25) is 0 Å². The molecule has 1 amide bonds. The van der Waals surface area contributed by atoms with Crippen LogP contribution in [-0.4, -0.2) is 60.2 Å². The number of fused-ring (bicyclic) bond motifs is 3. The fourth-order valence-corrected chi connectivity index (χ4v) is 7.31. The fourth-order valence-electron chi connectivity index (χ4n) is 7.31. The van der Waals surface area contributed by atoms with E-state index in [-0.39, 0.29) is 41.3 Å². The Kier molecular flexibility index (Phi) is 5.50. The number of aliphatic carboxylic acids is 1. The average Bonchev–Trinajstić information content (AvgIpc) is 3.71. The van der Waals surface area contributed by atoms with Crippen molar-refractivity contribution in [3.63, 3.8) is 0 Å². The predicted octanol–water partition coefficient (Wildman–Crippen LogP) is 3.60. The summed E-state index contributed by atoms with van der Waals surface area (Å²) < 4.78 is 18.4. The van der Waals surface area contributed by atoms with Gasteiger partial charge in [-0.2, -0.15) is 0 Å². The molecule has 2 bridgehead atoms. The number of nitrogens with one attached hydrogen (secondary N) is 1. The minimum Gasteiger partial charge on any atom is -0.481 e. The van der Waals surface area contributed by atoms with Gasteiger partial charge in [-0.25, -0.2) is 0 Å². The first kappa shape index (κ1) is 23.3. The van der Waals surface area contributed by atoms with Gasteiger partial charge in [-0.3, -0.25) is 9.59 Å². The first-order chi connectivity index (χ1) is 15.6. The third kappa shape index (κ3) is 3.66. The van der Waals surface area contributed by atoms with Crippen LogP contribution in [0.5, 0.6) is 0 Å². The van der Waals surface area contributed by atoms with Gasteiger partial charge in [-0.05, 0) is 78.6 Å². The highest BCUT2D eigenvalue weighted by atomic mass is 16.6. The number of hydrogen-bond acceptors (Lipinski definition) is 5. The number of rotatable bonds is 7. The van der Waals surface area contributed by atoms with Crippen molar-refractivity contribution in [2.75, 3.05) is 13.7 Å². The lowest BCUT2D eigenvalue weighted by Crippen LogP contribution is -2.62. The van der Waals surface area contributed by atoms with Gasteiger partial charge in [0.1, 0.15) is 5.60 Å². The number of carboxylic acids is 1. The van der Waals surface area contributed by atoms with E-state index in [0.29, 0.717) is 38.5 Å². The van der Waals surface area contributed by atoms with Crippen LogP contribution in [0.1, 0.15) is 78.6 Å². The van der Waals surface area contributed by atoms with Gasteiger partial charge in [0.2, 0.25) is 5.91 Å². The van der Waals surface area contributed by atoms with Crippen molar-refractivity contribution in [1.29, 1.82) is 0 Å². The highest BCUT2D eigenvalue weighted by Gasteiger charge is 2.72. The number of carboxylic acid groups (broad SMARTS) is 1. The summed E-state index contributed by atoms with van der Waals surface area (Å²) in [5, 5.41) is 13.0. The monoisotopic (exact) mass is 461 g/mol. The minimum atomic E-state index is -0.694. The third-order valence-corrected chi connectivity index (χ3v) is 9.79. The Bertz CT molecular complexity index is 834. The molecule has 6 aliphatic rings. The molecule has 0 radical (unpaired) electrons. The molecule has 2 saturated heterocycles. The molecular formula is C26H39NO6. The van der Waals surface area contributed by atoms with Crippen LogP contribution in [0.3, 0.4) is 0 Å². The van der Waals surface area contributed by atoms with Crippen LogP contribution in [-0.2, 0) is 23.8 Å². The molecule has 184 valence electrons. The summed E-state index contributed by atoms with van der Waals surface area (Å²) >= 11 is 0. The lowest BCUT2D eigenvalue weighted by atomic mass is 9.53.